The van der Waals surface area contributed by atoms with Crippen LogP contribution in [0, 0.1) is 5.82 Å². The van der Waals surface area contributed by atoms with Crippen LogP contribution < -0.4 is 15.0 Å². The van der Waals surface area contributed by atoms with Crippen molar-refractivity contribution in [3.8, 4) is 5.75 Å². The predicted molar refractivity (Wildman–Crippen MR) is 98.4 cm³/mol. The molecule has 2 aromatic rings. The highest BCUT2D eigenvalue weighted by Gasteiger charge is 2.19. The van der Waals surface area contributed by atoms with Gasteiger partial charge in [-0.2, -0.15) is 0 Å². The molecule has 0 radical (unpaired) electrons. The van der Waals surface area contributed by atoms with E-state index >= 15 is 0 Å². The maximum Gasteiger partial charge on any atom is 0.261 e. The fraction of sp³-hybridized carbons (Fsp3) is 0.350. The summed E-state index contributed by atoms with van der Waals surface area (Å²) < 4.78 is 19.2. The van der Waals surface area contributed by atoms with Gasteiger partial charge in [-0.05, 0) is 37.1 Å². The van der Waals surface area contributed by atoms with E-state index in [-0.39, 0.29) is 11.7 Å². The number of hydrogen-bond donors (Lipinski definition) is 1. The summed E-state index contributed by atoms with van der Waals surface area (Å²) in [6, 6.07) is 16.2. The Bertz CT molecular complexity index is 664. The molecule has 134 valence electrons. The minimum Gasteiger partial charge on any atom is -0.478 e. The minimum absolute atomic E-state index is 0.105. The summed E-state index contributed by atoms with van der Waals surface area (Å²) in [6.07, 6.45) is 0.598. The number of rotatable bonds is 9. The van der Waals surface area contributed by atoms with Crippen molar-refractivity contribution in [1.82, 2.24) is 5.32 Å². The van der Waals surface area contributed by atoms with Crippen LogP contribution in [0.3, 0.4) is 0 Å². The van der Waals surface area contributed by atoms with Gasteiger partial charge in [-0.3, -0.25) is 4.79 Å². The van der Waals surface area contributed by atoms with Crippen molar-refractivity contribution in [3.63, 3.8) is 0 Å². The summed E-state index contributed by atoms with van der Waals surface area (Å²) in [5.74, 6) is -0.570. The Kier molecular flexibility index (Phi) is 7.26. The summed E-state index contributed by atoms with van der Waals surface area (Å²) in [5.41, 5.74) is 1.14. The Morgan fingerprint density at radius 2 is 1.84 bits per heavy atom. The van der Waals surface area contributed by atoms with E-state index in [9.17, 15) is 9.18 Å². The Hall–Kier alpha value is -2.56. The van der Waals surface area contributed by atoms with E-state index in [1.807, 2.05) is 44.3 Å². The maximum atomic E-state index is 13.6. The van der Waals surface area contributed by atoms with Gasteiger partial charge >= 0.3 is 0 Å². The molecule has 5 heteroatoms. The summed E-state index contributed by atoms with van der Waals surface area (Å²) in [5, 5.41) is 2.87. The summed E-state index contributed by atoms with van der Waals surface area (Å²) >= 11 is 0. The molecule has 0 aromatic heterocycles. The summed E-state index contributed by atoms with van der Waals surface area (Å²) in [6.45, 7) is 3.22. The number of carbonyl (C=O) groups is 1. The number of hydrogen-bond acceptors (Lipinski definition) is 3. The third-order valence-electron chi connectivity index (χ3n) is 3.94. The van der Waals surface area contributed by atoms with Gasteiger partial charge in [0.2, 0.25) is 0 Å². The average molecular weight is 344 g/mol. The lowest BCUT2D eigenvalue weighted by atomic mass is 10.2. The molecule has 0 fully saturated rings. The molecule has 0 spiro atoms. The molecule has 25 heavy (non-hydrogen) atoms. The molecule has 0 aliphatic rings. The Balaban J connectivity index is 1.75. The van der Waals surface area contributed by atoms with Crippen LogP contribution in [0.25, 0.3) is 0 Å². The predicted octanol–water partition coefficient (Wildman–Crippen LogP) is 3.63. The molecule has 0 unspecified atom stereocenters. The molecule has 0 aliphatic heterocycles. The van der Waals surface area contributed by atoms with Crippen molar-refractivity contribution in [2.45, 2.75) is 25.9 Å². The standard InChI is InChI=1S/C20H25FN2O2/c1-3-18(25-19-13-8-7-12-17(19)21)20(24)22-14-9-15-23(2)16-10-5-4-6-11-16/h4-8,10-13,18H,3,9,14-15H2,1-2H3,(H,22,24)/t18-/m0/s1. The van der Waals surface area contributed by atoms with E-state index in [2.05, 4.69) is 10.2 Å². The first kappa shape index (κ1) is 18.8. The van der Waals surface area contributed by atoms with Crippen LogP contribution in [0.2, 0.25) is 0 Å². The molecule has 1 N–H and O–H groups in total. The number of nitrogens with one attached hydrogen (secondary N) is 1. The molecule has 0 heterocycles. The second kappa shape index (κ2) is 9.67. The molecule has 0 bridgehead atoms. The van der Waals surface area contributed by atoms with Gasteiger partial charge in [0.05, 0.1) is 0 Å². The first-order chi connectivity index (χ1) is 12.1. The SMILES string of the molecule is CC[C@H](Oc1ccccc1F)C(=O)NCCCN(C)c1ccccc1. The number of ether oxygens (including phenoxy) is 1. The van der Waals surface area contributed by atoms with Gasteiger partial charge in [-0.25, -0.2) is 4.39 Å². The van der Waals surface area contributed by atoms with Crippen LogP contribution in [0.5, 0.6) is 5.75 Å². The zero-order valence-corrected chi connectivity index (χ0v) is 14.7. The van der Waals surface area contributed by atoms with Crippen LogP contribution in [0.15, 0.2) is 54.6 Å². The van der Waals surface area contributed by atoms with Crippen LogP contribution in [-0.4, -0.2) is 32.1 Å². The van der Waals surface area contributed by atoms with Crippen molar-refractivity contribution in [2.75, 3.05) is 25.0 Å². The van der Waals surface area contributed by atoms with E-state index in [0.717, 1.165) is 18.7 Å². The smallest absolute Gasteiger partial charge is 0.261 e. The Morgan fingerprint density at radius 3 is 2.52 bits per heavy atom. The molecule has 2 aromatic carbocycles. The van der Waals surface area contributed by atoms with Crippen LogP contribution in [0.1, 0.15) is 19.8 Å². The molecular weight excluding hydrogens is 319 g/mol. The number of para-hydroxylation sites is 2. The van der Waals surface area contributed by atoms with Gasteiger partial charge in [0.15, 0.2) is 17.7 Å². The summed E-state index contributed by atoms with van der Waals surface area (Å²) in [4.78, 5) is 14.4. The zero-order valence-electron chi connectivity index (χ0n) is 14.7. The third-order valence-corrected chi connectivity index (χ3v) is 3.94. The van der Waals surface area contributed by atoms with Crippen LogP contribution in [-0.2, 0) is 4.79 Å². The highest BCUT2D eigenvalue weighted by Crippen LogP contribution is 2.18. The number of anilines is 1. The lowest BCUT2D eigenvalue weighted by Gasteiger charge is -2.20. The van der Waals surface area contributed by atoms with Gasteiger partial charge in [0.25, 0.3) is 5.91 Å². The maximum absolute atomic E-state index is 13.6. The van der Waals surface area contributed by atoms with Crippen LogP contribution >= 0.6 is 0 Å². The zero-order chi connectivity index (χ0) is 18.1. The number of benzene rings is 2. The Morgan fingerprint density at radius 1 is 1.16 bits per heavy atom. The molecule has 2 rings (SSSR count). The second-order valence-corrected chi connectivity index (χ2v) is 5.85. The molecule has 1 atom stereocenters. The quantitative estimate of drug-likeness (QED) is 0.707. The van der Waals surface area contributed by atoms with E-state index in [1.165, 1.54) is 12.1 Å². The average Bonchev–Trinajstić information content (AvgIpc) is 2.65. The second-order valence-electron chi connectivity index (χ2n) is 5.85. The third kappa shape index (κ3) is 5.78. The van der Waals surface area contributed by atoms with Crippen molar-refractivity contribution >= 4 is 11.6 Å². The summed E-state index contributed by atoms with van der Waals surface area (Å²) in [7, 11) is 2.02. The normalized spacial score (nSPS) is 11.6. The van der Waals surface area contributed by atoms with Crippen molar-refractivity contribution in [3.05, 3.63) is 60.4 Å². The van der Waals surface area contributed by atoms with E-state index in [4.69, 9.17) is 4.74 Å². The van der Waals surface area contributed by atoms with Crippen LogP contribution in [0.4, 0.5) is 10.1 Å². The van der Waals surface area contributed by atoms with Gasteiger partial charge in [-0.15, -0.1) is 0 Å². The fourth-order valence-corrected chi connectivity index (χ4v) is 2.47. The molecule has 4 nitrogen and oxygen atoms in total. The monoisotopic (exact) mass is 344 g/mol. The van der Waals surface area contributed by atoms with E-state index in [0.29, 0.717) is 13.0 Å². The molecular formula is C20H25FN2O2. The van der Waals surface area contributed by atoms with E-state index < -0.39 is 11.9 Å². The number of halogens is 1. The van der Waals surface area contributed by atoms with Gasteiger partial charge in [-0.1, -0.05) is 37.3 Å². The van der Waals surface area contributed by atoms with Gasteiger partial charge in [0, 0.05) is 25.8 Å². The first-order valence-electron chi connectivity index (χ1n) is 8.57. The largest absolute Gasteiger partial charge is 0.478 e. The topological polar surface area (TPSA) is 41.6 Å². The van der Waals surface area contributed by atoms with Crippen molar-refractivity contribution in [1.29, 1.82) is 0 Å². The Labute approximate surface area is 148 Å². The highest BCUT2D eigenvalue weighted by atomic mass is 19.1. The fourth-order valence-electron chi connectivity index (χ4n) is 2.47. The minimum atomic E-state index is -0.691. The molecule has 0 aliphatic carbocycles. The number of amides is 1. The van der Waals surface area contributed by atoms with Gasteiger partial charge in [0.1, 0.15) is 0 Å². The van der Waals surface area contributed by atoms with E-state index in [1.54, 1.807) is 12.1 Å². The van der Waals surface area contributed by atoms with Crippen molar-refractivity contribution < 1.29 is 13.9 Å². The lowest BCUT2D eigenvalue weighted by Crippen LogP contribution is -2.39. The molecule has 0 saturated heterocycles. The van der Waals surface area contributed by atoms with Crippen molar-refractivity contribution in [2.24, 2.45) is 0 Å². The lowest BCUT2D eigenvalue weighted by molar-refractivity contribution is -0.128. The number of carbonyl (C=O) groups excluding carboxylic acids is 1. The first-order valence-corrected chi connectivity index (χ1v) is 8.57. The highest BCUT2D eigenvalue weighted by molar-refractivity contribution is 5.81. The molecule has 1 amide bonds. The molecule has 0 saturated carbocycles. The van der Waals surface area contributed by atoms with Gasteiger partial charge < -0.3 is 15.0 Å². The number of nitrogens with zero attached hydrogens (tertiary/aromatic N) is 1.